The van der Waals surface area contributed by atoms with Gasteiger partial charge in [-0.25, -0.2) is 25.9 Å². The van der Waals surface area contributed by atoms with Crippen LogP contribution in [0, 0.1) is 11.7 Å². The third-order valence-electron chi connectivity index (χ3n) is 6.48. The molecular formula is C27H29ClFN3O5S2. The van der Waals surface area contributed by atoms with Gasteiger partial charge in [0, 0.05) is 30.2 Å². The number of sulfonamides is 2. The molecule has 2 N–H and O–H groups in total. The van der Waals surface area contributed by atoms with Crippen molar-refractivity contribution in [2.75, 3.05) is 18.4 Å². The third kappa shape index (κ3) is 7.43. The molecule has 2 atom stereocenters. The van der Waals surface area contributed by atoms with Crippen LogP contribution in [0.4, 0.5) is 10.1 Å². The zero-order valence-electron chi connectivity index (χ0n) is 21.2. The molecule has 39 heavy (non-hydrogen) atoms. The van der Waals surface area contributed by atoms with Crippen LogP contribution in [0.5, 0.6) is 0 Å². The number of hydrogen-bond acceptors (Lipinski definition) is 5. The second kappa shape index (κ2) is 12.1. The average molecular weight is 594 g/mol. The maximum atomic E-state index is 13.5. The lowest BCUT2D eigenvalue weighted by molar-refractivity contribution is -0.116. The van der Waals surface area contributed by atoms with Crippen LogP contribution < -0.4 is 10.0 Å². The predicted octanol–water partition coefficient (Wildman–Crippen LogP) is 4.95. The van der Waals surface area contributed by atoms with Gasteiger partial charge in [-0.3, -0.25) is 4.79 Å². The molecule has 1 saturated heterocycles. The second-order valence-corrected chi connectivity index (χ2v) is 13.7. The van der Waals surface area contributed by atoms with E-state index >= 15 is 0 Å². The van der Waals surface area contributed by atoms with Crippen molar-refractivity contribution in [2.45, 2.75) is 42.0 Å². The first-order valence-electron chi connectivity index (χ1n) is 12.4. The molecular weight excluding hydrogens is 565 g/mol. The quantitative estimate of drug-likeness (QED) is 0.365. The highest BCUT2D eigenvalue weighted by molar-refractivity contribution is 7.89. The van der Waals surface area contributed by atoms with E-state index in [1.54, 1.807) is 0 Å². The fraction of sp³-hybridized carbons (Fsp3) is 0.296. The predicted molar refractivity (Wildman–Crippen MR) is 148 cm³/mol. The molecule has 3 aromatic rings. The standard InChI is InChI=1S/C27H29ClFN3O5S2/c1-19-3-2-16-32(18-19)39(36,37)25-14-10-23(11-15-25)30-27(33)17-26(20-4-8-22(29)9-5-20)31-38(34,35)24-12-6-21(28)7-13-24/h4-15,19,26,31H,2-3,16-18H2,1H3,(H,30,33)/t19-,26-/m1/s1. The lowest BCUT2D eigenvalue weighted by Gasteiger charge is -2.30. The van der Waals surface area contributed by atoms with Gasteiger partial charge in [-0.05, 0) is 85.0 Å². The number of halogens is 2. The number of piperidine rings is 1. The summed E-state index contributed by atoms with van der Waals surface area (Å²) in [4.78, 5) is 13.0. The maximum Gasteiger partial charge on any atom is 0.243 e. The van der Waals surface area contributed by atoms with Gasteiger partial charge in [0.15, 0.2) is 0 Å². The molecule has 3 aromatic carbocycles. The Morgan fingerprint density at radius 1 is 0.974 bits per heavy atom. The summed E-state index contributed by atoms with van der Waals surface area (Å²) < 4.78 is 69.5. The first kappa shape index (κ1) is 29.2. The van der Waals surface area contributed by atoms with Crippen LogP contribution in [0.25, 0.3) is 0 Å². The summed E-state index contributed by atoms with van der Waals surface area (Å²) in [7, 11) is -7.69. The van der Waals surface area contributed by atoms with Crippen LogP contribution in [0.3, 0.4) is 0 Å². The van der Waals surface area contributed by atoms with Crippen LogP contribution in [-0.4, -0.2) is 40.1 Å². The van der Waals surface area contributed by atoms with E-state index in [-0.39, 0.29) is 16.2 Å². The molecule has 0 radical (unpaired) electrons. The maximum absolute atomic E-state index is 13.5. The zero-order valence-corrected chi connectivity index (χ0v) is 23.6. The van der Waals surface area contributed by atoms with Crippen molar-refractivity contribution in [2.24, 2.45) is 5.92 Å². The molecule has 0 bridgehead atoms. The summed E-state index contributed by atoms with van der Waals surface area (Å²) in [5.41, 5.74) is 0.741. The Kier molecular flexibility index (Phi) is 9.07. The van der Waals surface area contributed by atoms with Gasteiger partial charge in [-0.2, -0.15) is 4.31 Å². The largest absolute Gasteiger partial charge is 0.326 e. The summed E-state index contributed by atoms with van der Waals surface area (Å²) in [5, 5.41) is 3.05. The summed E-state index contributed by atoms with van der Waals surface area (Å²) in [6.07, 6.45) is 1.50. The van der Waals surface area contributed by atoms with E-state index in [9.17, 15) is 26.0 Å². The Morgan fingerprint density at radius 2 is 1.59 bits per heavy atom. The first-order chi connectivity index (χ1) is 18.4. The van der Waals surface area contributed by atoms with Crippen LogP contribution in [0.15, 0.2) is 82.6 Å². The number of amides is 1. The van der Waals surface area contributed by atoms with Crippen LogP contribution in [-0.2, 0) is 24.8 Å². The van der Waals surface area contributed by atoms with Crippen molar-refractivity contribution in [1.29, 1.82) is 0 Å². The van der Waals surface area contributed by atoms with Crippen LogP contribution >= 0.6 is 11.6 Å². The molecule has 208 valence electrons. The number of anilines is 1. The van der Waals surface area contributed by atoms with Gasteiger partial charge >= 0.3 is 0 Å². The molecule has 1 heterocycles. The number of nitrogens with one attached hydrogen (secondary N) is 2. The van der Waals surface area contributed by atoms with Gasteiger partial charge in [-0.15, -0.1) is 0 Å². The molecule has 1 fully saturated rings. The van der Waals surface area contributed by atoms with Gasteiger partial charge in [0.25, 0.3) is 0 Å². The Hall–Kier alpha value is -2.83. The van der Waals surface area contributed by atoms with Gasteiger partial charge in [0.2, 0.25) is 26.0 Å². The topological polar surface area (TPSA) is 113 Å². The minimum Gasteiger partial charge on any atom is -0.326 e. The summed E-state index contributed by atoms with van der Waals surface area (Å²) in [5.74, 6) is -0.738. The molecule has 0 spiro atoms. The van der Waals surface area contributed by atoms with E-state index in [0.29, 0.717) is 35.3 Å². The molecule has 0 aliphatic carbocycles. The van der Waals surface area contributed by atoms with Gasteiger partial charge < -0.3 is 5.32 Å². The smallest absolute Gasteiger partial charge is 0.243 e. The highest BCUT2D eigenvalue weighted by Gasteiger charge is 2.29. The molecule has 8 nitrogen and oxygen atoms in total. The highest BCUT2D eigenvalue weighted by Crippen LogP contribution is 2.26. The molecule has 0 aromatic heterocycles. The summed E-state index contributed by atoms with van der Waals surface area (Å²) in [6.45, 7) is 2.97. The molecule has 12 heteroatoms. The zero-order chi connectivity index (χ0) is 28.2. The van der Waals surface area contributed by atoms with Crippen molar-refractivity contribution in [3.63, 3.8) is 0 Å². The van der Waals surface area contributed by atoms with Crippen molar-refractivity contribution in [1.82, 2.24) is 9.03 Å². The number of nitrogens with zero attached hydrogens (tertiary/aromatic N) is 1. The minimum absolute atomic E-state index is 0.0423. The number of carbonyl (C=O) groups is 1. The third-order valence-corrected chi connectivity index (χ3v) is 10.1. The SMILES string of the molecule is C[C@@H]1CCCN(S(=O)(=O)c2ccc(NC(=O)C[C@@H](NS(=O)(=O)c3ccc(Cl)cc3)c3ccc(F)cc3)cc2)C1. The molecule has 1 aliphatic heterocycles. The van der Waals surface area contributed by atoms with Gasteiger partial charge in [0.1, 0.15) is 5.82 Å². The van der Waals surface area contributed by atoms with Crippen molar-refractivity contribution < 1.29 is 26.0 Å². The van der Waals surface area contributed by atoms with Crippen molar-refractivity contribution >= 4 is 43.2 Å². The highest BCUT2D eigenvalue weighted by atomic mass is 35.5. The van der Waals surface area contributed by atoms with Gasteiger partial charge in [0.05, 0.1) is 15.8 Å². The number of hydrogen-bond donors (Lipinski definition) is 2. The fourth-order valence-corrected chi connectivity index (χ4v) is 7.36. The van der Waals surface area contributed by atoms with E-state index < -0.39 is 37.8 Å². The lowest BCUT2D eigenvalue weighted by atomic mass is 10.0. The number of benzene rings is 3. The van der Waals surface area contributed by atoms with E-state index in [4.69, 9.17) is 11.6 Å². The van der Waals surface area contributed by atoms with Gasteiger partial charge in [-0.1, -0.05) is 30.7 Å². The summed E-state index contributed by atoms with van der Waals surface area (Å²) >= 11 is 5.86. The van der Waals surface area contributed by atoms with Crippen LogP contribution in [0.1, 0.15) is 37.8 Å². The molecule has 1 aliphatic rings. The molecule has 0 saturated carbocycles. The van der Waals surface area contributed by atoms with E-state index in [1.807, 2.05) is 6.92 Å². The van der Waals surface area contributed by atoms with Crippen molar-refractivity contribution in [3.05, 3.63) is 89.2 Å². The molecule has 1 amide bonds. The van der Waals surface area contributed by atoms with Crippen LogP contribution in [0.2, 0.25) is 5.02 Å². The Labute approximate surface area is 233 Å². The Bertz CT molecular complexity index is 1520. The van der Waals surface area contributed by atoms with E-state index in [1.165, 1.54) is 77.1 Å². The van der Waals surface area contributed by atoms with Crippen molar-refractivity contribution in [3.8, 4) is 0 Å². The monoisotopic (exact) mass is 593 g/mol. The average Bonchev–Trinajstić information content (AvgIpc) is 2.89. The molecule has 0 unspecified atom stereocenters. The number of carbonyl (C=O) groups excluding carboxylic acids is 1. The normalized spacial score (nSPS) is 17.5. The Balaban J connectivity index is 1.48. The number of rotatable bonds is 9. The lowest BCUT2D eigenvalue weighted by Crippen LogP contribution is -2.39. The Morgan fingerprint density at radius 3 is 2.21 bits per heavy atom. The van der Waals surface area contributed by atoms with E-state index in [2.05, 4.69) is 10.0 Å². The second-order valence-electron chi connectivity index (χ2n) is 9.57. The molecule has 4 rings (SSSR count). The minimum atomic E-state index is -4.04. The first-order valence-corrected chi connectivity index (χ1v) is 15.7. The fourth-order valence-electron chi connectivity index (χ4n) is 4.41. The van der Waals surface area contributed by atoms with E-state index in [0.717, 1.165) is 12.8 Å². The summed E-state index contributed by atoms with van der Waals surface area (Å²) in [6, 6.07) is 15.6.